The molecule has 0 aliphatic carbocycles. The lowest BCUT2D eigenvalue weighted by Gasteiger charge is -2.39. The molecule has 0 spiro atoms. The second-order valence-corrected chi connectivity index (χ2v) is 8.61. The number of benzene rings is 2. The zero-order valence-electron chi connectivity index (χ0n) is 17.2. The van der Waals surface area contributed by atoms with Crippen LogP contribution in [0.2, 0.25) is 0 Å². The summed E-state index contributed by atoms with van der Waals surface area (Å²) in [6, 6.07) is 22.9. The van der Waals surface area contributed by atoms with Crippen LogP contribution in [0.25, 0.3) is 21.5 Å². The Balaban J connectivity index is 1.24. The molecule has 1 aliphatic heterocycles. The van der Waals surface area contributed by atoms with Gasteiger partial charge in [0.1, 0.15) is 6.61 Å². The van der Waals surface area contributed by atoms with Crippen LogP contribution in [0, 0.1) is 0 Å². The van der Waals surface area contributed by atoms with E-state index < -0.39 is 6.09 Å². The molecule has 2 aromatic heterocycles. The third kappa shape index (κ3) is 4.20. The van der Waals surface area contributed by atoms with Gasteiger partial charge in [-0.15, -0.1) is 11.3 Å². The minimum atomic E-state index is -0.472. The van der Waals surface area contributed by atoms with Gasteiger partial charge in [-0.25, -0.2) is 9.78 Å². The molecular formula is C25H21N3O3S. The average molecular weight is 444 g/mol. The Kier molecular flexibility index (Phi) is 5.56. The van der Waals surface area contributed by atoms with Gasteiger partial charge >= 0.3 is 6.09 Å². The van der Waals surface area contributed by atoms with Crippen molar-refractivity contribution in [2.75, 3.05) is 13.1 Å². The van der Waals surface area contributed by atoms with Gasteiger partial charge in [-0.1, -0.05) is 54.6 Å². The lowest BCUT2D eigenvalue weighted by atomic mass is 10.0. The Hall–Kier alpha value is -3.71. The van der Waals surface area contributed by atoms with Crippen molar-refractivity contribution >= 4 is 34.2 Å². The highest BCUT2D eigenvalue weighted by Gasteiger charge is 2.33. The number of ether oxygens (including phenoxy) is 1. The van der Waals surface area contributed by atoms with Gasteiger partial charge in [-0.3, -0.25) is 4.79 Å². The molecular weight excluding hydrogens is 422 g/mol. The number of hydrogen-bond donors (Lipinski definition) is 1. The summed E-state index contributed by atoms with van der Waals surface area (Å²) in [5.41, 5.74) is 3.14. The van der Waals surface area contributed by atoms with E-state index in [1.165, 1.54) is 0 Å². The number of aromatic nitrogens is 1. The van der Waals surface area contributed by atoms with E-state index in [0.29, 0.717) is 18.7 Å². The van der Waals surface area contributed by atoms with Crippen molar-refractivity contribution in [2.24, 2.45) is 0 Å². The van der Waals surface area contributed by atoms with Crippen LogP contribution in [0.3, 0.4) is 0 Å². The topological polar surface area (TPSA) is 71.5 Å². The molecule has 3 heterocycles. The zero-order chi connectivity index (χ0) is 21.9. The van der Waals surface area contributed by atoms with E-state index in [1.807, 2.05) is 78.2 Å². The number of likely N-dealkylation sites (tertiary alicyclic amines) is 1. The molecule has 2 amide bonds. The van der Waals surface area contributed by atoms with Crippen molar-refractivity contribution in [1.29, 1.82) is 0 Å². The van der Waals surface area contributed by atoms with Crippen molar-refractivity contribution < 1.29 is 14.3 Å². The van der Waals surface area contributed by atoms with Crippen LogP contribution < -0.4 is 5.32 Å². The van der Waals surface area contributed by atoms with Crippen molar-refractivity contribution in [3.63, 3.8) is 0 Å². The van der Waals surface area contributed by atoms with Crippen molar-refractivity contribution in [2.45, 2.75) is 12.6 Å². The Bertz CT molecular complexity index is 1250. The molecule has 0 atom stereocenters. The molecule has 0 unspecified atom stereocenters. The number of rotatable bonds is 5. The number of hydrogen-bond acceptors (Lipinski definition) is 5. The summed E-state index contributed by atoms with van der Waals surface area (Å²) in [4.78, 5) is 32.8. The fraction of sp³-hybridized carbons (Fsp3) is 0.160. The molecule has 1 fully saturated rings. The molecule has 160 valence electrons. The fourth-order valence-electron chi connectivity index (χ4n) is 3.74. The number of alkyl carbamates (subject to hydrolysis) is 1. The van der Waals surface area contributed by atoms with Crippen LogP contribution in [0.5, 0.6) is 0 Å². The van der Waals surface area contributed by atoms with Crippen LogP contribution in [-0.2, 0) is 11.3 Å². The molecule has 0 bridgehead atoms. The smallest absolute Gasteiger partial charge is 0.407 e. The van der Waals surface area contributed by atoms with Crippen LogP contribution >= 0.6 is 11.3 Å². The summed E-state index contributed by atoms with van der Waals surface area (Å²) in [6.07, 6.45) is -0.472. The maximum Gasteiger partial charge on any atom is 0.407 e. The van der Waals surface area contributed by atoms with Gasteiger partial charge in [0.05, 0.1) is 27.7 Å². The number of nitrogens with one attached hydrogen (secondary N) is 1. The van der Waals surface area contributed by atoms with Gasteiger partial charge in [-0.05, 0) is 29.1 Å². The summed E-state index contributed by atoms with van der Waals surface area (Å²) in [5, 5.41) is 5.65. The number of thiophene rings is 1. The predicted molar refractivity (Wildman–Crippen MR) is 125 cm³/mol. The first kappa shape index (κ1) is 20.2. The lowest BCUT2D eigenvalue weighted by Crippen LogP contribution is -2.61. The van der Waals surface area contributed by atoms with E-state index >= 15 is 0 Å². The minimum absolute atomic E-state index is 0.0582. The van der Waals surface area contributed by atoms with E-state index in [-0.39, 0.29) is 18.6 Å². The number of fused-ring (bicyclic) bond motifs is 1. The third-order valence-corrected chi connectivity index (χ3v) is 6.32. The average Bonchev–Trinajstić information content (AvgIpc) is 3.34. The van der Waals surface area contributed by atoms with Crippen molar-refractivity contribution in [3.05, 3.63) is 89.3 Å². The maximum absolute atomic E-state index is 13.3. The molecule has 1 aliphatic rings. The predicted octanol–water partition coefficient (Wildman–Crippen LogP) is 4.71. The number of amides is 2. The van der Waals surface area contributed by atoms with Crippen LogP contribution in [0.4, 0.5) is 4.79 Å². The number of pyridine rings is 1. The first-order valence-electron chi connectivity index (χ1n) is 10.4. The van der Waals surface area contributed by atoms with E-state index in [1.54, 1.807) is 16.2 Å². The molecule has 4 aromatic rings. The normalized spacial score (nSPS) is 13.6. The Morgan fingerprint density at radius 3 is 2.59 bits per heavy atom. The molecule has 32 heavy (non-hydrogen) atoms. The van der Waals surface area contributed by atoms with Crippen LogP contribution in [-0.4, -0.2) is 41.0 Å². The summed E-state index contributed by atoms with van der Waals surface area (Å²) < 4.78 is 5.27. The van der Waals surface area contributed by atoms with Gasteiger partial charge in [0, 0.05) is 18.5 Å². The number of carbonyl (C=O) groups excluding carboxylic acids is 2. The van der Waals surface area contributed by atoms with Gasteiger partial charge in [0.25, 0.3) is 5.91 Å². The first-order valence-corrected chi connectivity index (χ1v) is 11.3. The summed E-state index contributed by atoms with van der Waals surface area (Å²) in [7, 11) is 0. The van der Waals surface area contributed by atoms with Crippen LogP contribution in [0.15, 0.2) is 78.2 Å². The SMILES string of the molecule is O=C(NC1CN(C(=O)c2cc(-c3cccs3)nc3ccccc23)C1)OCc1ccccc1. The van der Waals surface area contributed by atoms with E-state index in [2.05, 4.69) is 5.32 Å². The summed E-state index contributed by atoms with van der Waals surface area (Å²) in [5.74, 6) is -0.0582. The first-order chi connectivity index (χ1) is 15.7. The van der Waals surface area contributed by atoms with Gasteiger partial charge in [0.2, 0.25) is 0 Å². The van der Waals surface area contributed by atoms with Crippen molar-refractivity contribution in [1.82, 2.24) is 15.2 Å². The molecule has 6 nitrogen and oxygen atoms in total. The number of nitrogens with zero attached hydrogens (tertiary/aromatic N) is 2. The highest BCUT2D eigenvalue weighted by molar-refractivity contribution is 7.13. The number of carbonyl (C=O) groups is 2. The Morgan fingerprint density at radius 1 is 1.03 bits per heavy atom. The Labute approximate surface area is 189 Å². The molecule has 0 radical (unpaired) electrons. The Morgan fingerprint density at radius 2 is 1.81 bits per heavy atom. The monoisotopic (exact) mass is 443 g/mol. The second-order valence-electron chi connectivity index (χ2n) is 7.66. The molecule has 2 aromatic carbocycles. The number of para-hydroxylation sites is 1. The maximum atomic E-state index is 13.3. The fourth-order valence-corrected chi connectivity index (χ4v) is 4.43. The minimum Gasteiger partial charge on any atom is -0.445 e. The molecule has 1 saturated heterocycles. The standard InChI is InChI=1S/C25H21N3O3S/c29-24(28-14-18(15-28)26-25(30)31-16-17-7-2-1-3-8-17)20-13-22(23-11-6-12-32-23)27-21-10-5-4-9-19(20)21/h1-13,18H,14-16H2,(H,26,30). The zero-order valence-corrected chi connectivity index (χ0v) is 18.0. The highest BCUT2D eigenvalue weighted by atomic mass is 32.1. The lowest BCUT2D eigenvalue weighted by molar-refractivity contribution is 0.0547. The van der Waals surface area contributed by atoms with E-state index in [0.717, 1.165) is 27.0 Å². The molecule has 0 saturated carbocycles. The molecule has 5 rings (SSSR count). The van der Waals surface area contributed by atoms with E-state index in [9.17, 15) is 9.59 Å². The third-order valence-electron chi connectivity index (χ3n) is 5.42. The highest BCUT2D eigenvalue weighted by Crippen LogP contribution is 2.29. The summed E-state index contributed by atoms with van der Waals surface area (Å²) >= 11 is 1.59. The van der Waals surface area contributed by atoms with Gasteiger partial charge in [-0.2, -0.15) is 0 Å². The molecule has 7 heteroatoms. The summed E-state index contributed by atoms with van der Waals surface area (Å²) in [6.45, 7) is 1.12. The van der Waals surface area contributed by atoms with E-state index in [4.69, 9.17) is 9.72 Å². The largest absolute Gasteiger partial charge is 0.445 e. The van der Waals surface area contributed by atoms with Crippen molar-refractivity contribution in [3.8, 4) is 10.6 Å². The van der Waals surface area contributed by atoms with Gasteiger partial charge < -0.3 is 15.0 Å². The van der Waals surface area contributed by atoms with Crippen LogP contribution in [0.1, 0.15) is 15.9 Å². The molecule has 1 N–H and O–H groups in total. The quantitative estimate of drug-likeness (QED) is 0.485. The van der Waals surface area contributed by atoms with Gasteiger partial charge in [0.15, 0.2) is 0 Å². The second kappa shape index (κ2) is 8.80.